The number of nitrogens with zero attached hydrogens (tertiary/aromatic N) is 2. The molecule has 1 saturated heterocycles. The second-order valence-corrected chi connectivity index (χ2v) is 8.05. The molecule has 2 heterocycles. The quantitative estimate of drug-likeness (QED) is 0.685. The molecule has 1 fully saturated rings. The topological polar surface area (TPSA) is 131 Å². The van der Waals surface area contributed by atoms with E-state index in [9.17, 15) is 14.7 Å². The number of nitrogens with one attached hydrogen (secondary N) is 1. The van der Waals surface area contributed by atoms with Crippen LogP contribution in [0.4, 0.5) is 4.79 Å². The number of hydrogen-bond acceptors (Lipinski definition) is 6. The lowest BCUT2D eigenvalue weighted by atomic mass is 9.76. The predicted octanol–water partition coefficient (Wildman–Crippen LogP) is 2.21. The van der Waals surface area contributed by atoms with E-state index in [1.807, 2.05) is 0 Å². The number of carboxylic acid groups (broad SMARTS) is 1. The molecule has 1 aromatic heterocycles. The molecule has 2 aromatic rings. The largest absolute Gasteiger partial charge is 0.497 e. The number of esters is 1. The van der Waals surface area contributed by atoms with Gasteiger partial charge in [0.05, 0.1) is 24.3 Å². The standard InChI is InChI=1S/C19H26N4O5/c1-18(2,3)28-16(24)19(7-8-23(17(25)26)14(20)10-19)15-21-12-6-5-11(27-4)9-13(12)22-15/h5-6,9,14H,7-8,10,20H2,1-4H3,(H,21,22)(H,25,26). The Morgan fingerprint density at radius 2 is 2.11 bits per heavy atom. The van der Waals surface area contributed by atoms with E-state index in [1.54, 1.807) is 46.1 Å². The number of rotatable bonds is 3. The smallest absolute Gasteiger partial charge is 0.408 e. The summed E-state index contributed by atoms with van der Waals surface area (Å²) in [5.74, 6) is 0.614. The van der Waals surface area contributed by atoms with Gasteiger partial charge in [0.15, 0.2) is 0 Å². The number of aromatic nitrogens is 2. The maximum atomic E-state index is 13.2. The van der Waals surface area contributed by atoms with Crippen molar-refractivity contribution in [2.75, 3.05) is 13.7 Å². The number of hydrogen-bond donors (Lipinski definition) is 3. The van der Waals surface area contributed by atoms with Crippen molar-refractivity contribution in [3.05, 3.63) is 24.0 Å². The van der Waals surface area contributed by atoms with E-state index >= 15 is 0 Å². The zero-order valence-electron chi connectivity index (χ0n) is 16.5. The predicted molar refractivity (Wildman–Crippen MR) is 102 cm³/mol. The molecule has 0 spiro atoms. The molecule has 1 aliphatic heterocycles. The highest BCUT2D eigenvalue weighted by molar-refractivity contribution is 5.85. The van der Waals surface area contributed by atoms with Crippen LogP contribution in [0.15, 0.2) is 18.2 Å². The number of fused-ring (bicyclic) bond motifs is 1. The highest BCUT2D eigenvalue weighted by Gasteiger charge is 2.51. The summed E-state index contributed by atoms with van der Waals surface area (Å²) in [6.07, 6.45) is -1.66. The molecular formula is C19H26N4O5. The summed E-state index contributed by atoms with van der Waals surface area (Å²) in [7, 11) is 1.57. The van der Waals surface area contributed by atoms with Crippen molar-refractivity contribution in [2.45, 2.75) is 50.8 Å². The van der Waals surface area contributed by atoms with Crippen molar-refractivity contribution in [1.82, 2.24) is 14.9 Å². The maximum Gasteiger partial charge on any atom is 0.408 e. The summed E-state index contributed by atoms with van der Waals surface area (Å²) < 4.78 is 10.9. The molecule has 1 aliphatic rings. The minimum absolute atomic E-state index is 0.0746. The average Bonchev–Trinajstić information content (AvgIpc) is 3.03. The Labute approximate surface area is 162 Å². The van der Waals surface area contributed by atoms with Crippen LogP contribution in [0.3, 0.4) is 0 Å². The monoisotopic (exact) mass is 390 g/mol. The number of carbonyl (C=O) groups is 2. The van der Waals surface area contributed by atoms with Crippen molar-refractivity contribution in [1.29, 1.82) is 0 Å². The fraction of sp³-hybridized carbons (Fsp3) is 0.526. The molecule has 0 bridgehead atoms. The van der Waals surface area contributed by atoms with Crippen LogP contribution in [0.25, 0.3) is 11.0 Å². The molecule has 1 amide bonds. The molecule has 4 N–H and O–H groups in total. The van der Waals surface area contributed by atoms with Crippen LogP contribution in [0.1, 0.15) is 39.4 Å². The summed E-state index contributed by atoms with van der Waals surface area (Å²) in [6.45, 7) is 5.47. The van der Waals surface area contributed by atoms with Gasteiger partial charge in [0.25, 0.3) is 0 Å². The first kappa shape index (κ1) is 19.9. The third kappa shape index (κ3) is 3.62. The maximum absolute atomic E-state index is 13.2. The Morgan fingerprint density at radius 1 is 1.39 bits per heavy atom. The van der Waals surface area contributed by atoms with Crippen molar-refractivity contribution in [3.8, 4) is 5.75 Å². The van der Waals surface area contributed by atoms with Gasteiger partial charge < -0.3 is 25.3 Å². The van der Waals surface area contributed by atoms with Crippen molar-refractivity contribution in [3.63, 3.8) is 0 Å². The second-order valence-electron chi connectivity index (χ2n) is 8.05. The van der Waals surface area contributed by atoms with Crippen LogP contribution in [0.5, 0.6) is 5.75 Å². The van der Waals surface area contributed by atoms with E-state index in [2.05, 4.69) is 9.97 Å². The highest BCUT2D eigenvalue weighted by Crippen LogP contribution is 2.39. The van der Waals surface area contributed by atoms with Gasteiger partial charge in [0.2, 0.25) is 0 Å². The van der Waals surface area contributed by atoms with Gasteiger partial charge in [-0.3, -0.25) is 9.69 Å². The zero-order chi connectivity index (χ0) is 20.7. The van der Waals surface area contributed by atoms with Gasteiger partial charge in [0, 0.05) is 19.0 Å². The van der Waals surface area contributed by atoms with Crippen LogP contribution >= 0.6 is 0 Å². The first-order chi connectivity index (χ1) is 13.1. The molecule has 1 aromatic carbocycles. The minimum atomic E-state index is -1.16. The molecule has 9 nitrogen and oxygen atoms in total. The molecule has 2 atom stereocenters. The number of piperidine rings is 1. The van der Waals surface area contributed by atoms with Gasteiger partial charge in [-0.25, -0.2) is 9.78 Å². The average molecular weight is 390 g/mol. The molecule has 28 heavy (non-hydrogen) atoms. The number of H-pyrrole nitrogens is 1. The van der Waals surface area contributed by atoms with E-state index in [-0.39, 0.29) is 19.4 Å². The molecule has 0 radical (unpaired) electrons. The van der Waals surface area contributed by atoms with Gasteiger partial charge in [-0.15, -0.1) is 0 Å². The lowest BCUT2D eigenvalue weighted by Gasteiger charge is -2.42. The normalized spacial score (nSPS) is 22.9. The van der Waals surface area contributed by atoms with Gasteiger partial charge in [-0.1, -0.05) is 0 Å². The van der Waals surface area contributed by atoms with E-state index in [1.165, 1.54) is 0 Å². The van der Waals surface area contributed by atoms with Gasteiger partial charge in [0.1, 0.15) is 22.6 Å². The molecule has 9 heteroatoms. The zero-order valence-corrected chi connectivity index (χ0v) is 16.5. The lowest BCUT2D eigenvalue weighted by Crippen LogP contribution is -2.58. The molecule has 3 rings (SSSR count). The number of nitrogens with two attached hydrogens (primary N) is 1. The van der Waals surface area contributed by atoms with Crippen LogP contribution in [-0.2, 0) is 14.9 Å². The Balaban J connectivity index is 2.06. The van der Waals surface area contributed by atoms with E-state index in [4.69, 9.17) is 15.2 Å². The minimum Gasteiger partial charge on any atom is -0.497 e. The van der Waals surface area contributed by atoms with Gasteiger partial charge in [-0.05, 0) is 39.3 Å². The number of benzene rings is 1. The second kappa shape index (κ2) is 6.97. The first-order valence-electron chi connectivity index (χ1n) is 9.08. The summed E-state index contributed by atoms with van der Waals surface area (Å²) in [5.41, 5.74) is 5.64. The number of ether oxygens (including phenoxy) is 2. The fourth-order valence-corrected chi connectivity index (χ4v) is 3.50. The Morgan fingerprint density at radius 3 is 2.68 bits per heavy atom. The molecular weight excluding hydrogens is 364 g/mol. The van der Waals surface area contributed by atoms with Crippen molar-refractivity contribution < 1.29 is 24.2 Å². The summed E-state index contributed by atoms with van der Waals surface area (Å²) >= 11 is 0. The highest BCUT2D eigenvalue weighted by atomic mass is 16.6. The summed E-state index contributed by atoms with van der Waals surface area (Å²) in [5, 5.41) is 9.34. The number of imidazole rings is 1. The number of methoxy groups -OCH3 is 1. The number of aromatic amines is 1. The Bertz CT molecular complexity index is 903. The summed E-state index contributed by atoms with van der Waals surface area (Å²) in [6, 6.07) is 5.37. The van der Waals surface area contributed by atoms with E-state index < -0.39 is 29.2 Å². The lowest BCUT2D eigenvalue weighted by molar-refractivity contribution is -0.165. The summed E-state index contributed by atoms with van der Waals surface area (Å²) in [4.78, 5) is 33.6. The van der Waals surface area contributed by atoms with E-state index in [0.29, 0.717) is 22.6 Å². The van der Waals surface area contributed by atoms with Gasteiger partial charge in [-0.2, -0.15) is 0 Å². The van der Waals surface area contributed by atoms with Crippen molar-refractivity contribution >= 4 is 23.1 Å². The Kier molecular flexibility index (Phi) is 4.97. The number of amides is 1. The van der Waals surface area contributed by atoms with Crippen LogP contribution in [-0.4, -0.2) is 57.5 Å². The Hall–Kier alpha value is -2.81. The fourth-order valence-electron chi connectivity index (χ4n) is 3.50. The number of carbonyl (C=O) groups excluding carboxylic acids is 1. The van der Waals surface area contributed by atoms with Crippen LogP contribution in [0.2, 0.25) is 0 Å². The first-order valence-corrected chi connectivity index (χ1v) is 9.08. The number of likely N-dealkylation sites (tertiary alicyclic amines) is 1. The third-order valence-corrected chi connectivity index (χ3v) is 4.92. The van der Waals surface area contributed by atoms with Gasteiger partial charge >= 0.3 is 12.1 Å². The molecule has 2 unspecified atom stereocenters. The molecule has 0 saturated carbocycles. The SMILES string of the molecule is COc1ccc2nc(C3(C(=O)OC(C)(C)C)CCN(C(=O)O)C(N)C3)[nH]c2c1. The van der Waals surface area contributed by atoms with Crippen LogP contribution in [0, 0.1) is 0 Å². The molecule has 0 aliphatic carbocycles. The molecule has 152 valence electrons. The van der Waals surface area contributed by atoms with Crippen molar-refractivity contribution in [2.24, 2.45) is 5.73 Å². The third-order valence-electron chi connectivity index (χ3n) is 4.92. The van der Waals surface area contributed by atoms with Crippen LogP contribution < -0.4 is 10.5 Å². The van der Waals surface area contributed by atoms with E-state index in [0.717, 1.165) is 4.90 Å².